The summed E-state index contributed by atoms with van der Waals surface area (Å²) in [6.07, 6.45) is 6.03. The highest BCUT2D eigenvalue weighted by molar-refractivity contribution is 7.99. The lowest BCUT2D eigenvalue weighted by Crippen LogP contribution is -2.48. The van der Waals surface area contributed by atoms with Crippen molar-refractivity contribution in [1.29, 1.82) is 0 Å². The molecule has 1 aromatic carbocycles. The van der Waals surface area contributed by atoms with Crippen LogP contribution in [-0.2, 0) is 14.8 Å². The Bertz CT molecular complexity index is 691. The van der Waals surface area contributed by atoms with Gasteiger partial charge in [-0.2, -0.15) is 11.8 Å². The maximum Gasteiger partial charge on any atom is 0.243 e. The average molecular weight is 389 g/mol. The van der Waals surface area contributed by atoms with Gasteiger partial charge in [0.15, 0.2) is 0 Å². The molecule has 1 fully saturated rings. The lowest BCUT2D eigenvalue weighted by atomic mass is 10.2. The first-order valence-electron chi connectivity index (χ1n) is 8.43. The molecule has 0 radical (unpaired) electrons. The number of thioether (sulfide) groups is 1. The predicted octanol–water partition coefficient (Wildman–Crippen LogP) is 2.77. The third kappa shape index (κ3) is 5.88. The van der Waals surface area contributed by atoms with E-state index in [9.17, 15) is 17.6 Å². The van der Waals surface area contributed by atoms with E-state index in [2.05, 4.69) is 5.32 Å². The van der Waals surface area contributed by atoms with Gasteiger partial charge in [-0.25, -0.2) is 12.8 Å². The second kappa shape index (κ2) is 8.89. The lowest BCUT2D eigenvalue weighted by molar-refractivity contribution is -0.121. The average Bonchev–Trinajstić information content (AvgIpc) is 3.03. The van der Waals surface area contributed by atoms with Crippen molar-refractivity contribution in [1.82, 2.24) is 5.32 Å². The quantitative estimate of drug-likeness (QED) is 0.696. The van der Waals surface area contributed by atoms with Crippen LogP contribution in [0.25, 0.3) is 0 Å². The number of hydrogen-bond donors (Lipinski definition) is 1. The van der Waals surface area contributed by atoms with Crippen molar-refractivity contribution >= 4 is 33.4 Å². The van der Waals surface area contributed by atoms with Crippen molar-refractivity contribution < 1.29 is 17.6 Å². The van der Waals surface area contributed by atoms with Gasteiger partial charge in [0.1, 0.15) is 11.9 Å². The van der Waals surface area contributed by atoms with Crippen molar-refractivity contribution in [3.63, 3.8) is 0 Å². The van der Waals surface area contributed by atoms with Crippen LogP contribution >= 0.6 is 11.8 Å². The number of hydrogen-bond acceptors (Lipinski definition) is 4. The Morgan fingerprint density at radius 1 is 1.40 bits per heavy atom. The van der Waals surface area contributed by atoms with Crippen LogP contribution in [0.3, 0.4) is 0 Å². The molecule has 1 aromatic rings. The molecule has 5 nitrogen and oxygen atoms in total. The number of rotatable bonds is 8. The number of halogens is 1. The van der Waals surface area contributed by atoms with Crippen molar-refractivity contribution in [3.8, 4) is 0 Å². The Morgan fingerprint density at radius 2 is 2.08 bits per heavy atom. The zero-order valence-electron chi connectivity index (χ0n) is 14.6. The fraction of sp³-hybridized carbons (Fsp3) is 0.588. The Labute approximate surface area is 153 Å². The summed E-state index contributed by atoms with van der Waals surface area (Å²) >= 11 is 1.85. The van der Waals surface area contributed by atoms with E-state index in [-0.39, 0.29) is 11.6 Å². The molecule has 140 valence electrons. The van der Waals surface area contributed by atoms with Crippen LogP contribution in [0, 0.1) is 5.82 Å². The summed E-state index contributed by atoms with van der Waals surface area (Å²) in [5, 5.41) is 3.46. The summed E-state index contributed by atoms with van der Waals surface area (Å²) in [6, 6.07) is 4.29. The third-order valence-corrected chi connectivity index (χ3v) is 6.83. The minimum Gasteiger partial charge on any atom is -0.353 e. The zero-order valence-corrected chi connectivity index (χ0v) is 16.2. The standard InChI is InChI=1S/C17H25FN2O3S2/c1-13(17(21)19-10-11-24-16-8-3-4-9-16)20(25(2,22)23)15-7-5-6-14(18)12-15/h5-7,12-13,16H,3-4,8-11H2,1-2H3,(H,19,21)/t13-/m1/s1. The smallest absolute Gasteiger partial charge is 0.243 e. The molecule has 1 aliphatic carbocycles. The first-order chi connectivity index (χ1) is 11.8. The highest BCUT2D eigenvalue weighted by Crippen LogP contribution is 2.29. The number of carbonyl (C=O) groups excluding carboxylic acids is 1. The number of carbonyl (C=O) groups is 1. The van der Waals surface area contributed by atoms with E-state index < -0.39 is 21.9 Å². The second-order valence-electron chi connectivity index (χ2n) is 6.28. The van der Waals surface area contributed by atoms with E-state index in [4.69, 9.17) is 0 Å². The van der Waals surface area contributed by atoms with Gasteiger partial charge >= 0.3 is 0 Å². The van der Waals surface area contributed by atoms with Gasteiger partial charge in [0.25, 0.3) is 0 Å². The van der Waals surface area contributed by atoms with Crippen LogP contribution in [0.5, 0.6) is 0 Å². The van der Waals surface area contributed by atoms with Gasteiger partial charge in [-0.15, -0.1) is 0 Å². The molecule has 1 amide bonds. The Kier molecular flexibility index (Phi) is 7.13. The highest BCUT2D eigenvalue weighted by Gasteiger charge is 2.29. The Morgan fingerprint density at radius 3 is 2.68 bits per heavy atom. The van der Waals surface area contributed by atoms with Crippen LogP contribution in [0.4, 0.5) is 10.1 Å². The molecule has 1 atom stereocenters. The molecule has 0 saturated heterocycles. The van der Waals surface area contributed by atoms with Crippen molar-refractivity contribution in [2.24, 2.45) is 0 Å². The van der Waals surface area contributed by atoms with E-state index in [1.807, 2.05) is 11.8 Å². The summed E-state index contributed by atoms with van der Waals surface area (Å²) < 4.78 is 38.6. The maximum absolute atomic E-state index is 13.5. The molecule has 0 aromatic heterocycles. The van der Waals surface area contributed by atoms with Gasteiger partial charge in [0.05, 0.1) is 11.9 Å². The molecule has 0 aliphatic heterocycles. The van der Waals surface area contributed by atoms with Crippen LogP contribution in [0.1, 0.15) is 32.6 Å². The molecule has 0 bridgehead atoms. The molecule has 0 heterocycles. The molecule has 0 spiro atoms. The van der Waals surface area contributed by atoms with Gasteiger partial charge in [-0.05, 0) is 38.0 Å². The first-order valence-corrected chi connectivity index (χ1v) is 11.3. The topological polar surface area (TPSA) is 66.5 Å². The van der Waals surface area contributed by atoms with E-state index >= 15 is 0 Å². The van der Waals surface area contributed by atoms with E-state index in [1.54, 1.807) is 0 Å². The van der Waals surface area contributed by atoms with Crippen molar-refractivity contribution in [2.75, 3.05) is 22.9 Å². The molecule has 1 aliphatic rings. The number of amides is 1. The molecule has 0 unspecified atom stereocenters. The number of nitrogens with one attached hydrogen (secondary N) is 1. The second-order valence-corrected chi connectivity index (χ2v) is 9.55. The van der Waals surface area contributed by atoms with Gasteiger partial charge in [0, 0.05) is 17.5 Å². The van der Waals surface area contributed by atoms with Crippen LogP contribution in [0.15, 0.2) is 24.3 Å². The molecule has 1 saturated carbocycles. The Balaban J connectivity index is 1.96. The number of benzene rings is 1. The first kappa shape index (κ1) is 20.0. The number of sulfonamides is 1. The fourth-order valence-electron chi connectivity index (χ4n) is 3.02. The van der Waals surface area contributed by atoms with Gasteiger partial charge in [-0.1, -0.05) is 18.9 Å². The molecule has 1 N–H and O–H groups in total. The maximum atomic E-state index is 13.5. The monoisotopic (exact) mass is 388 g/mol. The minimum atomic E-state index is -3.72. The van der Waals surface area contributed by atoms with E-state index in [0.29, 0.717) is 11.8 Å². The summed E-state index contributed by atoms with van der Waals surface area (Å²) in [5.41, 5.74) is 0.144. The Hall–Kier alpha value is -1.28. The van der Waals surface area contributed by atoms with Crippen molar-refractivity contribution in [2.45, 2.75) is 43.9 Å². The summed E-state index contributed by atoms with van der Waals surface area (Å²) in [5.74, 6) is -0.129. The SMILES string of the molecule is C[C@H](C(=O)NCCSC1CCCC1)N(c1cccc(F)c1)S(C)(=O)=O. The minimum absolute atomic E-state index is 0.144. The molecule has 25 heavy (non-hydrogen) atoms. The predicted molar refractivity (Wildman–Crippen MR) is 101 cm³/mol. The summed E-state index contributed by atoms with van der Waals surface area (Å²) in [7, 11) is -3.72. The lowest BCUT2D eigenvalue weighted by Gasteiger charge is -2.28. The van der Waals surface area contributed by atoms with E-state index in [1.165, 1.54) is 50.8 Å². The van der Waals surface area contributed by atoms with Crippen LogP contribution < -0.4 is 9.62 Å². The number of nitrogens with zero attached hydrogens (tertiary/aromatic N) is 1. The highest BCUT2D eigenvalue weighted by atomic mass is 32.2. The third-order valence-electron chi connectivity index (χ3n) is 4.21. The molecule has 2 rings (SSSR count). The normalized spacial score (nSPS) is 16.6. The zero-order chi connectivity index (χ0) is 18.4. The fourth-order valence-corrected chi connectivity index (χ4v) is 5.41. The van der Waals surface area contributed by atoms with Gasteiger partial charge < -0.3 is 5.32 Å². The largest absolute Gasteiger partial charge is 0.353 e. The van der Waals surface area contributed by atoms with Crippen LogP contribution in [0.2, 0.25) is 0 Å². The molecular formula is C17H25FN2O3S2. The van der Waals surface area contributed by atoms with Crippen molar-refractivity contribution in [3.05, 3.63) is 30.1 Å². The summed E-state index contributed by atoms with van der Waals surface area (Å²) in [4.78, 5) is 12.4. The summed E-state index contributed by atoms with van der Waals surface area (Å²) in [6.45, 7) is 2.00. The van der Waals surface area contributed by atoms with E-state index in [0.717, 1.165) is 22.4 Å². The van der Waals surface area contributed by atoms with Crippen LogP contribution in [-0.4, -0.2) is 44.2 Å². The molecular weight excluding hydrogens is 363 g/mol. The molecule has 8 heteroatoms. The number of anilines is 1. The van der Waals surface area contributed by atoms with Gasteiger partial charge in [-0.3, -0.25) is 9.10 Å². The van der Waals surface area contributed by atoms with Gasteiger partial charge in [0.2, 0.25) is 15.9 Å².